The van der Waals surface area contributed by atoms with Crippen LogP contribution in [-0.2, 0) is 4.79 Å². The minimum atomic E-state index is -0.421. The lowest BCUT2D eigenvalue weighted by molar-refractivity contribution is -0.112. The van der Waals surface area contributed by atoms with E-state index in [2.05, 4.69) is 5.32 Å². The number of hydrogen-bond donors (Lipinski definition) is 1. The first-order chi connectivity index (χ1) is 11.0. The molecule has 0 aromatic heterocycles. The molecule has 2 aromatic carbocycles. The highest BCUT2D eigenvalue weighted by molar-refractivity contribution is 6.09. The van der Waals surface area contributed by atoms with Gasteiger partial charge in [0, 0.05) is 5.69 Å². The van der Waals surface area contributed by atoms with E-state index in [-0.39, 0.29) is 5.57 Å². The Morgan fingerprint density at radius 2 is 1.87 bits per heavy atom. The van der Waals surface area contributed by atoms with Crippen molar-refractivity contribution in [3.63, 3.8) is 0 Å². The molecule has 0 aliphatic heterocycles. The summed E-state index contributed by atoms with van der Waals surface area (Å²) in [5.41, 5.74) is 3.60. The predicted octanol–water partition coefficient (Wildman–Crippen LogP) is 3.86. The predicted molar refractivity (Wildman–Crippen MR) is 91.1 cm³/mol. The van der Waals surface area contributed by atoms with Crippen LogP contribution < -0.4 is 10.1 Å². The van der Waals surface area contributed by atoms with Gasteiger partial charge < -0.3 is 10.1 Å². The molecule has 0 aliphatic rings. The molecular weight excluding hydrogens is 288 g/mol. The van der Waals surface area contributed by atoms with Crippen LogP contribution in [0.15, 0.2) is 48.0 Å². The molecule has 0 bridgehead atoms. The summed E-state index contributed by atoms with van der Waals surface area (Å²) in [6.07, 6.45) is 1.55. The standard InChI is InChI=1S/C19H18N2O2/c1-13-4-9-18(14(2)10-13)21-19(22)16(12-20)11-15-5-7-17(23-3)8-6-15/h4-11H,1-3H3,(H,21,22)/b16-11-. The third-order valence-electron chi connectivity index (χ3n) is 3.42. The molecule has 0 fully saturated rings. The van der Waals surface area contributed by atoms with Crippen LogP contribution in [0, 0.1) is 25.2 Å². The van der Waals surface area contributed by atoms with Gasteiger partial charge in [0.25, 0.3) is 5.91 Å². The molecule has 0 heterocycles. The van der Waals surface area contributed by atoms with Crippen LogP contribution in [-0.4, -0.2) is 13.0 Å². The van der Waals surface area contributed by atoms with Crippen molar-refractivity contribution >= 4 is 17.7 Å². The Kier molecular flexibility index (Phi) is 5.16. The molecule has 0 saturated heterocycles. The van der Waals surface area contributed by atoms with Crippen molar-refractivity contribution < 1.29 is 9.53 Å². The molecule has 2 aromatic rings. The lowest BCUT2D eigenvalue weighted by atomic mass is 10.1. The molecular formula is C19H18N2O2. The van der Waals surface area contributed by atoms with Gasteiger partial charge in [0.2, 0.25) is 0 Å². The fourth-order valence-electron chi connectivity index (χ4n) is 2.16. The fraction of sp³-hybridized carbons (Fsp3) is 0.158. The highest BCUT2D eigenvalue weighted by Crippen LogP contribution is 2.18. The minimum Gasteiger partial charge on any atom is -0.497 e. The number of carbonyl (C=O) groups excluding carboxylic acids is 1. The van der Waals surface area contributed by atoms with Crippen LogP contribution in [0.4, 0.5) is 5.69 Å². The third-order valence-corrected chi connectivity index (χ3v) is 3.42. The summed E-state index contributed by atoms with van der Waals surface area (Å²) < 4.78 is 5.08. The van der Waals surface area contributed by atoms with Crippen molar-refractivity contribution in [1.82, 2.24) is 0 Å². The number of carbonyl (C=O) groups is 1. The second kappa shape index (κ2) is 7.28. The molecule has 0 spiro atoms. The first-order valence-electron chi connectivity index (χ1n) is 7.18. The first-order valence-corrected chi connectivity index (χ1v) is 7.18. The second-order valence-electron chi connectivity index (χ2n) is 5.22. The van der Waals surface area contributed by atoms with Gasteiger partial charge in [-0.15, -0.1) is 0 Å². The lowest BCUT2D eigenvalue weighted by Crippen LogP contribution is -2.14. The molecule has 4 nitrogen and oxygen atoms in total. The van der Waals surface area contributed by atoms with E-state index in [1.165, 1.54) is 0 Å². The molecule has 0 saturated carbocycles. The van der Waals surface area contributed by atoms with Crippen LogP contribution >= 0.6 is 0 Å². The van der Waals surface area contributed by atoms with Crippen LogP contribution in [0.5, 0.6) is 5.75 Å². The molecule has 4 heteroatoms. The summed E-state index contributed by atoms with van der Waals surface area (Å²) in [4.78, 5) is 12.3. The molecule has 23 heavy (non-hydrogen) atoms. The van der Waals surface area contributed by atoms with E-state index < -0.39 is 5.91 Å². The van der Waals surface area contributed by atoms with Gasteiger partial charge in [-0.25, -0.2) is 0 Å². The number of nitrogens with one attached hydrogen (secondary N) is 1. The Labute approximate surface area is 136 Å². The van der Waals surface area contributed by atoms with E-state index in [4.69, 9.17) is 4.74 Å². The van der Waals surface area contributed by atoms with E-state index >= 15 is 0 Å². The minimum absolute atomic E-state index is 0.0511. The molecule has 116 valence electrons. The van der Waals surface area contributed by atoms with Crippen LogP contribution in [0.1, 0.15) is 16.7 Å². The summed E-state index contributed by atoms with van der Waals surface area (Å²) in [6.45, 7) is 3.91. The molecule has 0 unspecified atom stereocenters. The van der Waals surface area contributed by atoms with Crippen LogP contribution in [0.25, 0.3) is 6.08 Å². The normalized spacial score (nSPS) is 10.8. The van der Waals surface area contributed by atoms with Gasteiger partial charge in [0.05, 0.1) is 7.11 Å². The van der Waals surface area contributed by atoms with Crippen molar-refractivity contribution in [2.24, 2.45) is 0 Å². The smallest absolute Gasteiger partial charge is 0.266 e. The number of nitrogens with zero attached hydrogens (tertiary/aromatic N) is 1. The number of ether oxygens (including phenoxy) is 1. The molecule has 0 atom stereocenters. The summed E-state index contributed by atoms with van der Waals surface area (Å²) in [7, 11) is 1.59. The molecule has 0 aliphatic carbocycles. The summed E-state index contributed by atoms with van der Waals surface area (Å²) in [5.74, 6) is 0.302. The zero-order valence-electron chi connectivity index (χ0n) is 13.4. The largest absolute Gasteiger partial charge is 0.497 e. The fourth-order valence-corrected chi connectivity index (χ4v) is 2.16. The van der Waals surface area contributed by atoms with Crippen molar-refractivity contribution in [3.05, 3.63) is 64.7 Å². The number of nitriles is 1. The summed E-state index contributed by atoms with van der Waals surface area (Å²) >= 11 is 0. The first kappa shape index (κ1) is 16.3. The molecule has 1 N–H and O–H groups in total. The third kappa shape index (κ3) is 4.21. The topological polar surface area (TPSA) is 62.1 Å². The van der Waals surface area contributed by atoms with Crippen molar-refractivity contribution in [2.45, 2.75) is 13.8 Å². The van der Waals surface area contributed by atoms with E-state index in [9.17, 15) is 10.1 Å². The lowest BCUT2D eigenvalue weighted by Gasteiger charge is -2.08. The van der Waals surface area contributed by atoms with Gasteiger partial charge in [0.15, 0.2) is 0 Å². The maximum Gasteiger partial charge on any atom is 0.266 e. The molecule has 0 radical (unpaired) electrons. The highest BCUT2D eigenvalue weighted by atomic mass is 16.5. The maximum atomic E-state index is 12.3. The maximum absolute atomic E-state index is 12.3. The number of amides is 1. The van der Waals surface area contributed by atoms with Gasteiger partial charge >= 0.3 is 0 Å². The van der Waals surface area contributed by atoms with Crippen LogP contribution in [0.3, 0.4) is 0 Å². The van der Waals surface area contributed by atoms with E-state index in [0.717, 1.165) is 22.4 Å². The monoisotopic (exact) mass is 306 g/mol. The SMILES string of the molecule is COc1ccc(/C=C(/C#N)C(=O)Nc2ccc(C)cc2C)cc1. The molecule has 1 amide bonds. The Morgan fingerprint density at radius 3 is 2.43 bits per heavy atom. The quantitative estimate of drug-likeness (QED) is 0.689. The Balaban J connectivity index is 2.20. The average molecular weight is 306 g/mol. The number of aryl methyl sites for hydroxylation is 2. The number of rotatable bonds is 4. The average Bonchev–Trinajstić information content (AvgIpc) is 2.55. The van der Waals surface area contributed by atoms with Crippen molar-refractivity contribution in [2.75, 3.05) is 12.4 Å². The van der Waals surface area contributed by atoms with E-state index in [0.29, 0.717) is 5.69 Å². The van der Waals surface area contributed by atoms with Crippen molar-refractivity contribution in [3.8, 4) is 11.8 Å². The Hall–Kier alpha value is -3.06. The highest BCUT2D eigenvalue weighted by Gasteiger charge is 2.11. The number of hydrogen-bond acceptors (Lipinski definition) is 3. The zero-order valence-corrected chi connectivity index (χ0v) is 13.4. The van der Waals surface area contributed by atoms with Gasteiger partial charge in [-0.1, -0.05) is 29.8 Å². The number of anilines is 1. The number of methoxy groups -OCH3 is 1. The van der Waals surface area contributed by atoms with Crippen LogP contribution in [0.2, 0.25) is 0 Å². The zero-order chi connectivity index (χ0) is 16.8. The van der Waals surface area contributed by atoms with Crippen molar-refractivity contribution in [1.29, 1.82) is 5.26 Å². The van der Waals surface area contributed by atoms with Gasteiger partial charge in [-0.2, -0.15) is 5.26 Å². The van der Waals surface area contributed by atoms with Gasteiger partial charge in [-0.05, 0) is 49.2 Å². The van der Waals surface area contributed by atoms with E-state index in [1.54, 1.807) is 37.5 Å². The van der Waals surface area contributed by atoms with Gasteiger partial charge in [-0.3, -0.25) is 4.79 Å². The number of benzene rings is 2. The Bertz CT molecular complexity index is 784. The summed E-state index contributed by atoms with van der Waals surface area (Å²) in [5, 5.41) is 12.0. The van der Waals surface area contributed by atoms with Gasteiger partial charge in [0.1, 0.15) is 17.4 Å². The molecule has 2 rings (SSSR count). The second-order valence-corrected chi connectivity index (χ2v) is 5.22. The van der Waals surface area contributed by atoms with E-state index in [1.807, 2.05) is 38.1 Å². The summed E-state index contributed by atoms with van der Waals surface area (Å²) in [6, 6.07) is 14.8. The Morgan fingerprint density at radius 1 is 1.17 bits per heavy atom.